The number of fused-ring (bicyclic) bond motifs is 1. The van der Waals surface area contributed by atoms with Crippen LogP contribution in [-0.4, -0.2) is 12.1 Å². The number of hydrogen-bond donors (Lipinski definition) is 0. The van der Waals surface area contributed by atoms with E-state index >= 15 is 0 Å². The largest absolute Gasteiger partial charge is 0.479 e. The van der Waals surface area contributed by atoms with E-state index in [4.69, 9.17) is 19.2 Å². The van der Waals surface area contributed by atoms with Crippen LogP contribution >= 0.6 is 0 Å². The Morgan fingerprint density at radius 1 is 1.13 bits per heavy atom. The Bertz CT molecular complexity index is 1170. The molecule has 3 aromatic rings. The van der Waals surface area contributed by atoms with Gasteiger partial charge >= 0.3 is 11.6 Å². The monoisotopic (exact) mass is 405 g/mol. The van der Waals surface area contributed by atoms with Gasteiger partial charge in [0.25, 0.3) is 0 Å². The molecule has 30 heavy (non-hydrogen) atoms. The van der Waals surface area contributed by atoms with Crippen LogP contribution in [0.1, 0.15) is 48.9 Å². The molecule has 0 aliphatic heterocycles. The number of rotatable bonds is 6. The second-order valence-electron chi connectivity index (χ2n) is 7.45. The summed E-state index contributed by atoms with van der Waals surface area (Å²) in [5, 5.41) is 9.59. The number of nitriles is 1. The average molecular weight is 405 g/mol. The number of ether oxygens (including phenoxy) is 2. The molecule has 0 aliphatic rings. The van der Waals surface area contributed by atoms with E-state index in [2.05, 4.69) is 13.8 Å². The first kappa shape index (κ1) is 21.1. The Hall–Kier alpha value is -3.59. The van der Waals surface area contributed by atoms with Gasteiger partial charge in [0.2, 0.25) is 0 Å². The van der Waals surface area contributed by atoms with Gasteiger partial charge in [-0.25, -0.2) is 9.59 Å². The first-order chi connectivity index (χ1) is 14.3. The minimum atomic E-state index is -0.849. The van der Waals surface area contributed by atoms with Crippen LogP contribution in [0.5, 0.6) is 5.75 Å². The van der Waals surface area contributed by atoms with Crippen LogP contribution in [0.15, 0.2) is 51.7 Å². The number of esters is 1. The van der Waals surface area contributed by atoms with Crippen molar-refractivity contribution in [3.05, 3.63) is 75.1 Å². The van der Waals surface area contributed by atoms with Gasteiger partial charge in [0, 0.05) is 17.0 Å². The molecule has 154 valence electrons. The SMILES string of the molecule is Cc1cc2oc(=O)cc(COC(=O)[C@H](C)Oc3ccc(C#N)cc3)c2cc1C(C)C. The lowest BCUT2D eigenvalue weighted by molar-refractivity contribution is -0.152. The average Bonchev–Trinajstić information content (AvgIpc) is 2.71. The molecule has 0 spiro atoms. The molecule has 0 radical (unpaired) electrons. The van der Waals surface area contributed by atoms with Crippen LogP contribution in [-0.2, 0) is 16.1 Å². The summed E-state index contributed by atoms with van der Waals surface area (Å²) in [4.78, 5) is 24.3. The molecule has 1 heterocycles. The smallest absolute Gasteiger partial charge is 0.347 e. The fraction of sp³-hybridized carbons (Fsp3) is 0.292. The zero-order chi connectivity index (χ0) is 21.8. The van der Waals surface area contributed by atoms with E-state index in [9.17, 15) is 9.59 Å². The van der Waals surface area contributed by atoms with Crippen LogP contribution in [0, 0.1) is 18.3 Å². The van der Waals surface area contributed by atoms with Crippen molar-refractivity contribution in [1.82, 2.24) is 0 Å². The van der Waals surface area contributed by atoms with Gasteiger partial charge in [-0.2, -0.15) is 5.26 Å². The van der Waals surface area contributed by atoms with Crippen molar-refractivity contribution in [3.63, 3.8) is 0 Å². The summed E-state index contributed by atoms with van der Waals surface area (Å²) >= 11 is 0. The lowest BCUT2D eigenvalue weighted by Gasteiger charge is -2.15. The topological polar surface area (TPSA) is 89.5 Å². The fourth-order valence-corrected chi connectivity index (χ4v) is 3.26. The van der Waals surface area contributed by atoms with Crippen molar-refractivity contribution in [2.75, 3.05) is 0 Å². The van der Waals surface area contributed by atoms with Crippen molar-refractivity contribution >= 4 is 16.9 Å². The molecule has 6 nitrogen and oxygen atoms in total. The molecule has 0 fully saturated rings. The molecule has 0 amide bonds. The van der Waals surface area contributed by atoms with Crippen molar-refractivity contribution in [3.8, 4) is 11.8 Å². The summed E-state index contributed by atoms with van der Waals surface area (Å²) in [6.45, 7) is 7.68. The van der Waals surface area contributed by atoms with E-state index in [-0.39, 0.29) is 6.61 Å². The Labute approximate surface area is 174 Å². The minimum absolute atomic E-state index is 0.0669. The summed E-state index contributed by atoms with van der Waals surface area (Å²) in [6.07, 6.45) is -0.849. The third kappa shape index (κ3) is 4.69. The predicted octanol–water partition coefficient (Wildman–Crippen LogP) is 4.61. The van der Waals surface area contributed by atoms with Crippen molar-refractivity contribution in [2.24, 2.45) is 0 Å². The summed E-state index contributed by atoms with van der Waals surface area (Å²) in [7, 11) is 0. The quantitative estimate of drug-likeness (QED) is 0.440. The van der Waals surface area contributed by atoms with Gasteiger partial charge < -0.3 is 13.9 Å². The standard InChI is InChI=1S/C24H23NO5/c1-14(2)20-11-21-18(10-23(26)30-22(21)9-15(20)3)13-28-24(27)16(4)29-19-7-5-17(12-25)6-8-19/h5-11,14,16H,13H2,1-4H3/t16-/m0/s1. The summed E-state index contributed by atoms with van der Waals surface area (Å²) in [5.41, 5.74) is 3.25. The molecule has 0 bridgehead atoms. The van der Waals surface area contributed by atoms with Crippen molar-refractivity contribution in [2.45, 2.75) is 46.3 Å². The fourth-order valence-electron chi connectivity index (χ4n) is 3.26. The summed E-state index contributed by atoms with van der Waals surface area (Å²) in [6, 6.07) is 13.7. The number of carbonyl (C=O) groups is 1. The van der Waals surface area contributed by atoms with Crippen molar-refractivity contribution in [1.29, 1.82) is 5.26 Å². The first-order valence-electron chi connectivity index (χ1n) is 9.69. The molecule has 0 N–H and O–H groups in total. The van der Waals surface area contributed by atoms with Crippen LogP contribution in [0.4, 0.5) is 0 Å². The Balaban J connectivity index is 1.76. The van der Waals surface area contributed by atoms with E-state index in [1.807, 2.05) is 25.1 Å². The number of aryl methyl sites for hydroxylation is 1. The molecule has 1 aromatic heterocycles. The lowest BCUT2D eigenvalue weighted by Crippen LogP contribution is -2.26. The van der Waals surface area contributed by atoms with Gasteiger partial charge in [0.15, 0.2) is 6.10 Å². The second kappa shape index (κ2) is 8.83. The minimum Gasteiger partial charge on any atom is -0.479 e. The van der Waals surface area contributed by atoms with Gasteiger partial charge in [0.1, 0.15) is 17.9 Å². The second-order valence-corrected chi connectivity index (χ2v) is 7.45. The normalized spacial score (nSPS) is 11.9. The maximum Gasteiger partial charge on any atom is 0.347 e. The highest BCUT2D eigenvalue weighted by Gasteiger charge is 2.18. The van der Waals surface area contributed by atoms with E-state index in [1.165, 1.54) is 6.07 Å². The molecule has 0 aliphatic carbocycles. The molecule has 6 heteroatoms. The zero-order valence-electron chi connectivity index (χ0n) is 17.4. The summed E-state index contributed by atoms with van der Waals surface area (Å²) < 4.78 is 16.3. The maximum absolute atomic E-state index is 12.4. The third-order valence-electron chi connectivity index (χ3n) is 4.84. The van der Waals surface area contributed by atoms with Gasteiger partial charge in [-0.3, -0.25) is 0 Å². The molecule has 1 atom stereocenters. The van der Waals surface area contributed by atoms with Gasteiger partial charge in [-0.1, -0.05) is 13.8 Å². The van der Waals surface area contributed by atoms with Crippen molar-refractivity contribution < 1.29 is 18.7 Å². The number of hydrogen-bond acceptors (Lipinski definition) is 6. The number of nitrogens with zero attached hydrogens (tertiary/aromatic N) is 1. The molecular weight excluding hydrogens is 382 g/mol. The Morgan fingerprint density at radius 2 is 1.83 bits per heavy atom. The van der Waals surface area contributed by atoms with E-state index in [1.54, 1.807) is 31.2 Å². The third-order valence-corrected chi connectivity index (χ3v) is 4.84. The van der Waals surface area contributed by atoms with Gasteiger partial charge in [-0.15, -0.1) is 0 Å². The molecule has 0 saturated heterocycles. The molecule has 3 rings (SSSR count). The van der Waals surface area contributed by atoms with E-state index in [0.717, 1.165) is 16.5 Å². The highest BCUT2D eigenvalue weighted by Crippen LogP contribution is 2.27. The lowest BCUT2D eigenvalue weighted by atomic mass is 9.95. The molecule has 0 saturated carbocycles. The highest BCUT2D eigenvalue weighted by atomic mass is 16.6. The van der Waals surface area contributed by atoms with Gasteiger partial charge in [0.05, 0.1) is 11.6 Å². The summed E-state index contributed by atoms with van der Waals surface area (Å²) in [5.74, 6) is 0.204. The first-order valence-corrected chi connectivity index (χ1v) is 9.69. The number of carbonyl (C=O) groups excluding carboxylic acids is 1. The Morgan fingerprint density at radius 3 is 2.47 bits per heavy atom. The molecule has 2 aromatic carbocycles. The molecular formula is C24H23NO5. The Kier molecular flexibility index (Phi) is 6.22. The molecule has 0 unspecified atom stereocenters. The van der Waals surface area contributed by atoms with Crippen LogP contribution in [0.25, 0.3) is 11.0 Å². The predicted molar refractivity (Wildman–Crippen MR) is 112 cm³/mol. The zero-order valence-corrected chi connectivity index (χ0v) is 17.4. The number of benzene rings is 2. The van der Waals surface area contributed by atoms with Crippen LogP contribution in [0.2, 0.25) is 0 Å². The van der Waals surface area contributed by atoms with Crippen LogP contribution in [0.3, 0.4) is 0 Å². The van der Waals surface area contributed by atoms with E-state index < -0.39 is 17.7 Å². The van der Waals surface area contributed by atoms with E-state index in [0.29, 0.717) is 28.4 Å². The van der Waals surface area contributed by atoms with Gasteiger partial charge in [-0.05, 0) is 67.3 Å². The van der Waals surface area contributed by atoms with Crippen LogP contribution < -0.4 is 10.4 Å². The maximum atomic E-state index is 12.4. The highest BCUT2D eigenvalue weighted by molar-refractivity contribution is 5.82.